The molecule has 6 heteroatoms. The van der Waals surface area contributed by atoms with Crippen LogP contribution in [0.3, 0.4) is 0 Å². The zero-order chi connectivity index (χ0) is 16.7. The Morgan fingerprint density at radius 3 is 2.22 bits per heavy atom. The van der Waals surface area contributed by atoms with Gasteiger partial charge in [-0.1, -0.05) is 59.6 Å². The molecule has 2 rings (SSSR count). The molecule has 0 aliphatic heterocycles. The molecule has 0 spiro atoms. The van der Waals surface area contributed by atoms with E-state index in [0.29, 0.717) is 23.1 Å². The van der Waals surface area contributed by atoms with Crippen molar-refractivity contribution >= 4 is 29.1 Å². The number of nitrogens with one attached hydrogen (secondary N) is 2. The number of rotatable bonds is 8. The molecule has 0 bridgehead atoms. The normalized spacial score (nSPS) is 12.1. The Hall–Kier alpha value is -1.59. The molecule has 0 saturated carbocycles. The fraction of sp³-hybridized carbons (Fsp3) is 0.235. The van der Waals surface area contributed by atoms with Crippen molar-refractivity contribution in [3.05, 3.63) is 69.7 Å². The van der Waals surface area contributed by atoms with Gasteiger partial charge < -0.3 is 5.73 Å². The van der Waals surface area contributed by atoms with Crippen LogP contribution in [0.5, 0.6) is 0 Å². The molecule has 1 unspecified atom stereocenters. The van der Waals surface area contributed by atoms with Crippen LogP contribution in [0.2, 0.25) is 10.0 Å². The molecule has 2 aromatic rings. The lowest BCUT2D eigenvalue weighted by Gasteiger charge is -2.19. The van der Waals surface area contributed by atoms with Crippen LogP contribution in [-0.4, -0.2) is 12.1 Å². The molecule has 0 saturated heterocycles. The Kier molecular flexibility index (Phi) is 6.86. The Bertz CT molecular complexity index is 650. The van der Waals surface area contributed by atoms with Crippen LogP contribution in [0, 0.1) is 0 Å². The fourth-order valence-electron chi connectivity index (χ4n) is 2.15. The van der Waals surface area contributed by atoms with Gasteiger partial charge in [-0.05, 0) is 23.3 Å². The quantitative estimate of drug-likeness (QED) is 0.640. The standard InChI is InChI=1S/C17H19Cl2N3O/c18-14-7-6-13(8-15(14)19)11-22-17(9-16(20)23)21-10-12-4-2-1-3-5-12/h1-8,17,21-22H,9-11H2,(H2,20,23). The summed E-state index contributed by atoms with van der Waals surface area (Å²) in [5, 5.41) is 7.59. The van der Waals surface area contributed by atoms with Crippen LogP contribution >= 0.6 is 23.2 Å². The van der Waals surface area contributed by atoms with E-state index < -0.39 is 0 Å². The van der Waals surface area contributed by atoms with Gasteiger partial charge in [0.15, 0.2) is 0 Å². The van der Waals surface area contributed by atoms with Crippen LogP contribution in [0.25, 0.3) is 0 Å². The summed E-state index contributed by atoms with van der Waals surface area (Å²) in [5.41, 5.74) is 7.44. The molecule has 0 aliphatic carbocycles. The summed E-state index contributed by atoms with van der Waals surface area (Å²) in [4.78, 5) is 11.2. The lowest BCUT2D eigenvalue weighted by Crippen LogP contribution is -2.44. The summed E-state index contributed by atoms with van der Waals surface area (Å²) in [7, 11) is 0. The van der Waals surface area contributed by atoms with E-state index in [1.165, 1.54) is 0 Å². The Morgan fingerprint density at radius 1 is 0.957 bits per heavy atom. The van der Waals surface area contributed by atoms with Crippen LogP contribution in [0.1, 0.15) is 17.5 Å². The smallest absolute Gasteiger partial charge is 0.220 e. The number of primary amides is 1. The van der Waals surface area contributed by atoms with Gasteiger partial charge in [0.1, 0.15) is 0 Å². The van der Waals surface area contributed by atoms with E-state index in [2.05, 4.69) is 10.6 Å². The van der Waals surface area contributed by atoms with Crippen molar-refractivity contribution in [2.24, 2.45) is 5.73 Å². The molecule has 0 aromatic heterocycles. The number of carbonyl (C=O) groups is 1. The van der Waals surface area contributed by atoms with E-state index in [1.807, 2.05) is 36.4 Å². The minimum atomic E-state index is -0.364. The monoisotopic (exact) mass is 351 g/mol. The number of halogens is 2. The maximum absolute atomic E-state index is 11.2. The van der Waals surface area contributed by atoms with E-state index in [1.54, 1.807) is 12.1 Å². The first-order valence-electron chi connectivity index (χ1n) is 7.27. The number of carbonyl (C=O) groups excluding carboxylic acids is 1. The second-order valence-electron chi connectivity index (χ2n) is 5.22. The third-order valence-electron chi connectivity index (χ3n) is 3.34. The van der Waals surface area contributed by atoms with Crippen molar-refractivity contribution < 1.29 is 4.79 Å². The lowest BCUT2D eigenvalue weighted by molar-refractivity contribution is -0.118. The number of benzene rings is 2. The van der Waals surface area contributed by atoms with Crippen LogP contribution in [0.4, 0.5) is 0 Å². The Morgan fingerprint density at radius 2 is 1.61 bits per heavy atom. The molecule has 0 heterocycles. The highest BCUT2D eigenvalue weighted by atomic mass is 35.5. The van der Waals surface area contributed by atoms with E-state index >= 15 is 0 Å². The fourth-order valence-corrected chi connectivity index (χ4v) is 2.47. The van der Waals surface area contributed by atoms with Crippen molar-refractivity contribution in [1.29, 1.82) is 0 Å². The van der Waals surface area contributed by atoms with Crippen LogP contribution in [0.15, 0.2) is 48.5 Å². The highest BCUT2D eigenvalue weighted by molar-refractivity contribution is 6.42. The number of nitrogens with two attached hydrogens (primary N) is 1. The number of hydrogen-bond acceptors (Lipinski definition) is 3. The third kappa shape index (κ3) is 6.20. The lowest BCUT2D eigenvalue weighted by atomic mass is 10.2. The van der Waals surface area contributed by atoms with Gasteiger partial charge in [0.25, 0.3) is 0 Å². The molecule has 2 aromatic carbocycles. The van der Waals surface area contributed by atoms with Crippen molar-refractivity contribution in [3.8, 4) is 0 Å². The zero-order valence-electron chi connectivity index (χ0n) is 12.6. The summed E-state index contributed by atoms with van der Waals surface area (Å²) < 4.78 is 0. The van der Waals surface area contributed by atoms with Gasteiger partial charge in [-0.25, -0.2) is 0 Å². The first kappa shape index (κ1) is 17.8. The number of hydrogen-bond donors (Lipinski definition) is 3. The Labute approximate surface area is 146 Å². The molecule has 0 aliphatic rings. The van der Waals surface area contributed by atoms with Gasteiger partial charge in [-0.2, -0.15) is 0 Å². The largest absolute Gasteiger partial charge is 0.370 e. The Balaban J connectivity index is 1.92. The summed E-state index contributed by atoms with van der Waals surface area (Å²) in [6, 6.07) is 15.4. The van der Waals surface area contributed by atoms with E-state index in [-0.39, 0.29) is 18.5 Å². The topological polar surface area (TPSA) is 67.2 Å². The summed E-state index contributed by atoms with van der Waals surface area (Å²) in [6.07, 6.45) is -0.0177. The SMILES string of the molecule is NC(=O)CC(NCc1ccccc1)NCc1ccc(Cl)c(Cl)c1. The average molecular weight is 352 g/mol. The second-order valence-corrected chi connectivity index (χ2v) is 6.03. The molecule has 4 N–H and O–H groups in total. The summed E-state index contributed by atoms with van der Waals surface area (Å²) in [6.45, 7) is 1.20. The minimum absolute atomic E-state index is 0.203. The number of amides is 1. The first-order chi connectivity index (χ1) is 11.0. The highest BCUT2D eigenvalue weighted by Gasteiger charge is 2.11. The maximum atomic E-state index is 11.2. The molecular weight excluding hydrogens is 333 g/mol. The van der Waals surface area contributed by atoms with Gasteiger partial charge in [-0.15, -0.1) is 0 Å². The van der Waals surface area contributed by atoms with Gasteiger partial charge in [0.05, 0.1) is 22.6 Å². The van der Waals surface area contributed by atoms with Crippen LogP contribution in [-0.2, 0) is 17.9 Å². The predicted molar refractivity (Wildman–Crippen MR) is 94.2 cm³/mol. The van der Waals surface area contributed by atoms with Crippen molar-refractivity contribution in [1.82, 2.24) is 10.6 Å². The molecule has 4 nitrogen and oxygen atoms in total. The summed E-state index contributed by atoms with van der Waals surface area (Å²) in [5.74, 6) is -0.364. The molecule has 0 fully saturated rings. The minimum Gasteiger partial charge on any atom is -0.370 e. The van der Waals surface area contributed by atoms with Crippen molar-refractivity contribution in [2.75, 3.05) is 0 Å². The maximum Gasteiger partial charge on any atom is 0.220 e. The second kappa shape index (κ2) is 8.89. The predicted octanol–water partition coefficient (Wildman–Crippen LogP) is 3.07. The van der Waals surface area contributed by atoms with E-state index in [4.69, 9.17) is 28.9 Å². The zero-order valence-corrected chi connectivity index (χ0v) is 14.1. The van der Waals surface area contributed by atoms with Crippen molar-refractivity contribution in [2.45, 2.75) is 25.7 Å². The van der Waals surface area contributed by atoms with Gasteiger partial charge >= 0.3 is 0 Å². The molecule has 0 radical (unpaired) electrons. The highest BCUT2D eigenvalue weighted by Crippen LogP contribution is 2.22. The average Bonchev–Trinajstić information content (AvgIpc) is 2.54. The van der Waals surface area contributed by atoms with E-state index in [0.717, 1.165) is 11.1 Å². The molecule has 122 valence electrons. The van der Waals surface area contributed by atoms with Gasteiger partial charge in [0, 0.05) is 13.1 Å². The van der Waals surface area contributed by atoms with E-state index in [9.17, 15) is 4.79 Å². The first-order valence-corrected chi connectivity index (χ1v) is 8.03. The summed E-state index contributed by atoms with van der Waals surface area (Å²) >= 11 is 11.9. The van der Waals surface area contributed by atoms with Gasteiger partial charge in [-0.3, -0.25) is 15.4 Å². The third-order valence-corrected chi connectivity index (χ3v) is 4.08. The molecule has 1 amide bonds. The van der Waals surface area contributed by atoms with Crippen LogP contribution < -0.4 is 16.4 Å². The molecule has 1 atom stereocenters. The van der Waals surface area contributed by atoms with Crippen molar-refractivity contribution in [3.63, 3.8) is 0 Å². The molecular formula is C17H19Cl2N3O. The van der Waals surface area contributed by atoms with Gasteiger partial charge in [0.2, 0.25) is 5.91 Å². The molecule has 23 heavy (non-hydrogen) atoms.